The minimum Gasteiger partial charge on any atom is -0.478 e. The molecule has 0 aliphatic carbocycles. The highest BCUT2D eigenvalue weighted by Crippen LogP contribution is 2.19. The molecule has 2 N–H and O–H groups in total. The van der Waals surface area contributed by atoms with E-state index in [-0.39, 0.29) is 11.6 Å². The third-order valence-electron chi connectivity index (χ3n) is 2.82. The number of nitrogens with zero attached hydrogens (tertiary/aromatic N) is 1. The van der Waals surface area contributed by atoms with Crippen molar-refractivity contribution in [1.82, 2.24) is 5.32 Å². The largest absolute Gasteiger partial charge is 0.478 e. The molecule has 0 aliphatic rings. The maximum absolute atomic E-state index is 12.0. The topological polar surface area (TPSA) is 82.8 Å². The lowest BCUT2D eigenvalue weighted by atomic mass is 10.1. The molecule has 0 radical (unpaired) electrons. The first kappa shape index (κ1) is 13.7. The van der Waals surface area contributed by atoms with Crippen LogP contribution in [0.2, 0.25) is 0 Å². The molecule has 0 aliphatic heterocycles. The van der Waals surface area contributed by atoms with Crippen molar-refractivity contribution in [2.24, 2.45) is 0 Å². The highest BCUT2D eigenvalue weighted by atomic mass is 16.4. The van der Waals surface area contributed by atoms with E-state index in [9.17, 15) is 9.59 Å². The number of benzene rings is 1. The summed E-state index contributed by atoms with van der Waals surface area (Å²) in [5.74, 6) is -1.07. The summed E-state index contributed by atoms with van der Waals surface area (Å²) in [4.78, 5) is 24.4. The van der Waals surface area contributed by atoms with Crippen LogP contribution in [0, 0.1) is 0 Å². The number of urea groups is 1. The second-order valence-corrected chi connectivity index (χ2v) is 4.17. The SMILES string of the molecule is CN(C(=O)NCc1ccoc1)c1ccccc1C(=O)O. The molecule has 0 spiro atoms. The molecular weight excluding hydrogens is 260 g/mol. The van der Waals surface area contributed by atoms with Gasteiger partial charge < -0.3 is 14.8 Å². The zero-order chi connectivity index (χ0) is 14.5. The van der Waals surface area contributed by atoms with Gasteiger partial charge in [-0.15, -0.1) is 0 Å². The summed E-state index contributed by atoms with van der Waals surface area (Å²) in [6.45, 7) is 0.314. The number of hydrogen-bond donors (Lipinski definition) is 2. The van der Waals surface area contributed by atoms with Gasteiger partial charge in [0, 0.05) is 19.2 Å². The predicted molar refractivity (Wildman–Crippen MR) is 72.7 cm³/mol. The van der Waals surface area contributed by atoms with Gasteiger partial charge in [-0.1, -0.05) is 12.1 Å². The Labute approximate surface area is 115 Å². The number of furan rings is 1. The molecule has 2 aromatic rings. The summed E-state index contributed by atoms with van der Waals surface area (Å²) in [6, 6.07) is 7.69. The molecule has 104 valence electrons. The quantitative estimate of drug-likeness (QED) is 0.896. The summed E-state index contributed by atoms with van der Waals surface area (Å²) < 4.78 is 4.90. The molecule has 0 unspecified atom stereocenters. The van der Waals surface area contributed by atoms with Crippen LogP contribution >= 0.6 is 0 Å². The fraction of sp³-hybridized carbons (Fsp3) is 0.143. The molecule has 2 rings (SSSR count). The van der Waals surface area contributed by atoms with Gasteiger partial charge in [0.15, 0.2) is 0 Å². The zero-order valence-electron chi connectivity index (χ0n) is 10.9. The number of hydrogen-bond acceptors (Lipinski definition) is 3. The van der Waals surface area contributed by atoms with Gasteiger partial charge in [-0.05, 0) is 18.2 Å². The molecule has 6 nitrogen and oxygen atoms in total. The van der Waals surface area contributed by atoms with Crippen LogP contribution in [0.5, 0.6) is 0 Å². The Morgan fingerprint density at radius 1 is 1.30 bits per heavy atom. The molecular formula is C14H14N2O4. The first-order valence-corrected chi connectivity index (χ1v) is 5.94. The first-order chi connectivity index (χ1) is 9.59. The van der Waals surface area contributed by atoms with E-state index in [1.54, 1.807) is 24.3 Å². The Kier molecular flexibility index (Phi) is 4.05. The number of nitrogens with one attached hydrogen (secondary N) is 1. The van der Waals surface area contributed by atoms with E-state index >= 15 is 0 Å². The molecule has 0 atom stereocenters. The van der Waals surface area contributed by atoms with Crippen LogP contribution in [-0.4, -0.2) is 24.2 Å². The molecule has 0 saturated carbocycles. The lowest BCUT2D eigenvalue weighted by molar-refractivity contribution is 0.0697. The lowest BCUT2D eigenvalue weighted by Crippen LogP contribution is -2.37. The Morgan fingerprint density at radius 2 is 2.05 bits per heavy atom. The van der Waals surface area contributed by atoms with Gasteiger partial charge in [0.25, 0.3) is 0 Å². The summed E-state index contributed by atoms with van der Waals surface area (Å²) >= 11 is 0. The number of aromatic carboxylic acids is 1. The van der Waals surface area contributed by atoms with Crippen LogP contribution in [0.3, 0.4) is 0 Å². The number of carbonyl (C=O) groups is 2. The average molecular weight is 274 g/mol. The molecule has 0 saturated heterocycles. The Bertz CT molecular complexity index is 607. The van der Waals surface area contributed by atoms with Gasteiger partial charge in [-0.3, -0.25) is 4.90 Å². The fourth-order valence-electron chi connectivity index (χ4n) is 1.75. The normalized spacial score (nSPS) is 10.1. The summed E-state index contributed by atoms with van der Waals surface area (Å²) in [5.41, 5.74) is 1.25. The van der Waals surface area contributed by atoms with E-state index in [1.165, 1.54) is 30.5 Å². The van der Waals surface area contributed by atoms with E-state index in [0.29, 0.717) is 12.2 Å². The second-order valence-electron chi connectivity index (χ2n) is 4.17. The number of carboxylic acid groups (broad SMARTS) is 1. The molecule has 2 amide bonds. The Hall–Kier alpha value is -2.76. The molecule has 1 aromatic heterocycles. The maximum Gasteiger partial charge on any atom is 0.337 e. The number of rotatable bonds is 4. The van der Waals surface area contributed by atoms with Crippen molar-refractivity contribution in [3.8, 4) is 0 Å². The molecule has 1 heterocycles. The Balaban J connectivity index is 2.08. The monoisotopic (exact) mass is 274 g/mol. The van der Waals surface area contributed by atoms with Gasteiger partial charge >= 0.3 is 12.0 Å². The Morgan fingerprint density at radius 3 is 2.70 bits per heavy atom. The average Bonchev–Trinajstić information content (AvgIpc) is 2.97. The van der Waals surface area contributed by atoms with E-state index < -0.39 is 5.97 Å². The third kappa shape index (κ3) is 2.97. The predicted octanol–water partition coefficient (Wildman–Crippen LogP) is 2.32. The van der Waals surface area contributed by atoms with Crippen molar-refractivity contribution in [3.05, 3.63) is 54.0 Å². The van der Waals surface area contributed by atoms with Crippen LogP contribution in [0.4, 0.5) is 10.5 Å². The molecule has 0 fully saturated rings. The molecule has 1 aromatic carbocycles. The zero-order valence-corrected chi connectivity index (χ0v) is 10.9. The number of amides is 2. The third-order valence-corrected chi connectivity index (χ3v) is 2.82. The maximum atomic E-state index is 12.0. The van der Waals surface area contributed by atoms with Crippen molar-refractivity contribution in [3.63, 3.8) is 0 Å². The van der Waals surface area contributed by atoms with Gasteiger partial charge in [0.05, 0.1) is 23.8 Å². The molecule has 6 heteroatoms. The minimum absolute atomic E-state index is 0.0773. The van der Waals surface area contributed by atoms with Crippen molar-refractivity contribution in [1.29, 1.82) is 0 Å². The van der Waals surface area contributed by atoms with Crippen molar-refractivity contribution in [2.45, 2.75) is 6.54 Å². The first-order valence-electron chi connectivity index (χ1n) is 5.94. The van der Waals surface area contributed by atoms with Crippen molar-refractivity contribution in [2.75, 3.05) is 11.9 Å². The van der Waals surface area contributed by atoms with Crippen LogP contribution in [-0.2, 0) is 6.54 Å². The van der Waals surface area contributed by atoms with Crippen LogP contribution in [0.25, 0.3) is 0 Å². The highest BCUT2D eigenvalue weighted by Gasteiger charge is 2.17. The summed E-state index contributed by atoms with van der Waals surface area (Å²) in [6.07, 6.45) is 3.05. The highest BCUT2D eigenvalue weighted by molar-refractivity contribution is 6.01. The lowest BCUT2D eigenvalue weighted by Gasteiger charge is -2.19. The van der Waals surface area contributed by atoms with Gasteiger partial charge in [-0.25, -0.2) is 9.59 Å². The van der Waals surface area contributed by atoms with E-state index in [2.05, 4.69) is 5.32 Å². The standard InChI is InChI=1S/C14H14N2O4/c1-16(12-5-3-2-4-11(12)13(17)18)14(19)15-8-10-6-7-20-9-10/h2-7,9H,8H2,1H3,(H,15,19)(H,17,18). The van der Waals surface area contributed by atoms with Crippen LogP contribution in [0.15, 0.2) is 47.3 Å². The smallest absolute Gasteiger partial charge is 0.337 e. The van der Waals surface area contributed by atoms with E-state index in [0.717, 1.165) is 5.56 Å². The second kappa shape index (κ2) is 5.92. The summed E-state index contributed by atoms with van der Waals surface area (Å²) in [5, 5.41) is 11.8. The van der Waals surface area contributed by atoms with Gasteiger partial charge in [0.1, 0.15) is 0 Å². The van der Waals surface area contributed by atoms with E-state index in [1.807, 2.05) is 0 Å². The van der Waals surface area contributed by atoms with Gasteiger partial charge in [0.2, 0.25) is 0 Å². The van der Waals surface area contributed by atoms with E-state index in [4.69, 9.17) is 9.52 Å². The van der Waals surface area contributed by atoms with Crippen molar-refractivity contribution >= 4 is 17.7 Å². The molecule has 20 heavy (non-hydrogen) atoms. The number of carbonyl (C=O) groups excluding carboxylic acids is 1. The fourth-order valence-corrected chi connectivity index (χ4v) is 1.75. The molecule has 0 bridgehead atoms. The van der Waals surface area contributed by atoms with Crippen LogP contribution < -0.4 is 10.2 Å². The number of carboxylic acids is 1. The summed E-state index contributed by atoms with van der Waals surface area (Å²) in [7, 11) is 1.52. The number of anilines is 1. The number of para-hydroxylation sites is 1. The van der Waals surface area contributed by atoms with Crippen molar-refractivity contribution < 1.29 is 19.1 Å². The van der Waals surface area contributed by atoms with Gasteiger partial charge in [-0.2, -0.15) is 0 Å². The van der Waals surface area contributed by atoms with Crippen LogP contribution in [0.1, 0.15) is 15.9 Å². The minimum atomic E-state index is -1.07.